The Labute approximate surface area is 57.2 Å². The Kier molecular flexibility index (Phi) is 2.08. The fraction of sp³-hybridized carbons (Fsp3) is 0.667. The number of rotatable bonds is 1. The van der Waals surface area contributed by atoms with Gasteiger partial charge in [-0.1, -0.05) is 11.8 Å². The van der Waals surface area contributed by atoms with E-state index in [2.05, 4.69) is 4.99 Å². The number of hydrogen-bond donors (Lipinski definition) is 3. The average molecular weight is 168 g/mol. The van der Waals surface area contributed by atoms with E-state index in [-0.39, 0.29) is 4.78 Å². The summed E-state index contributed by atoms with van der Waals surface area (Å²) < 4.78 is 0. The number of nitrogens with zero attached hydrogens (tertiary/aromatic N) is 1. The molecule has 9 heavy (non-hydrogen) atoms. The van der Waals surface area contributed by atoms with Crippen LogP contribution >= 0.6 is 19.7 Å². The third kappa shape index (κ3) is 1.88. The molecule has 4 nitrogen and oxygen atoms in total. The van der Waals surface area contributed by atoms with Crippen molar-refractivity contribution >= 4 is 24.5 Å². The maximum absolute atomic E-state index is 8.59. The largest absolute Gasteiger partial charge is 0.467 e. The van der Waals surface area contributed by atoms with Crippen molar-refractivity contribution in [2.45, 2.75) is 0 Å². The van der Waals surface area contributed by atoms with E-state index in [1.165, 1.54) is 11.8 Å². The lowest BCUT2D eigenvalue weighted by Gasteiger charge is -1.98. The zero-order valence-corrected chi connectivity index (χ0v) is 6.27. The molecule has 0 amide bonds. The van der Waals surface area contributed by atoms with E-state index in [9.17, 15) is 0 Å². The van der Waals surface area contributed by atoms with E-state index in [0.29, 0.717) is 6.54 Å². The van der Waals surface area contributed by atoms with Crippen LogP contribution in [0.3, 0.4) is 0 Å². The van der Waals surface area contributed by atoms with Crippen LogP contribution in [0.4, 0.5) is 0 Å². The van der Waals surface area contributed by atoms with Gasteiger partial charge < -0.3 is 0 Å². The first-order valence-corrected chi connectivity index (χ1v) is 4.99. The minimum atomic E-state index is -3.75. The molecule has 0 aromatic rings. The van der Waals surface area contributed by atoms with Crippen molar-refractivity contribution in [2.24, 2.45) is 4.99 Å². The molecule has 0 saturated carbocycles. The van der Waals surface area contributed by atoms with Gasteiger partial charge in [0.1, 0.15) is 0 Å². The summed E-state index contributed by atoms with van der Waals surface area (Å²) in [7, 11) is -3.75. The molecule has 1 heterocycles. The van der Waals surface area contributed by atoms with E-state index < -0.39 is 7.94 Å². The SMILES string of the molecule is O[P+](O)(O)C1=NCCS1. The second-order valence-corrected chi connectivity index (χ2v) is 4.53. The van der Waals surface area contributed by atoms with Crippen LogP contribution in [0, 0.1) is 0 Å². The van der Waals surface area contributed by atoms with Crippen molar-refractivity contribution in [3.8, 4) is 0 Å². The third-order valence-corrected chi connectivity index (χ3v) is 3.38. The summed E-state index contributed by atoms with van der Waals surface area (Å²) in [6.07, 6.45) is 0. The highest BCUT2D eigenvalue weighted by Gasteiger charge is 2.41. The normalized spacial score (nSPS) is 20.1. The maximum atomic E-state index is 8.59. The molecular weight excluding hydrogens is 161 g/mol. The first-order chi connectivity index (χ1) is 4.11. The van der Waals surface area contributed by atoms with E-state index in [1.54, 1.807) is 0 Å². The summed E-state index contributed by atoms with van der Waals surface area (Å²) in [5, 5.41) is 0. The topological polar surface area (TPSA) is 73.0 Å². The van der Waals surface area contributed by atoms with Crippen LogP contribution in [0.15, 0.2) is 4.99 Å². The van der Waals surface area contributed by atoms with Gasteiger partial charge >= 0.3 is 12.7 Å². The van der Waals surface area contributed by atoms with Gasteiger partial charge in [-0.05, 0) is 0 Å². The van der Waals surface area contributed by atoms with Crippen LogP contribution in [0.1, 0.15) is 0 Å². The Bertz CT molecular complexity index is 142. The molecule has 0 spiro atoms. The minimum Gasteiger partial charge on any atom is -0.238 e. The summed E-state index contributed by atoms with van der Waals surface area (Å²) >= 11 is 1.20. The predicted molar refractivity (Wildman–Crippen MR) is 38.3 cm³/mol. The van der Waals surface area contributed by atoms with Crippen molar-refractivity contribution in [1.29, 1.82) is 0 Å². The molecular formula is C3H7NO3PS+. The smallest absolute Gasteiger partial charge is 0.238 e. The van der Waals surface area contributed by atoms with Crippen molar-refractivity contribution in [3.63, 3.8) is 0 Å². The van der Waals surface area contributed by atoms with Crippen LogP contribution < -0.4 is 0 Å². The molecule has 52 valence electrons. The molecule has 0 aromatic carbocycles. The molecule has 0 aromatic heterocycles. The fourth-order valence-electron chi connectivity index (χ4n) is 0.505. The Morgan fingerprint density at radius 2 is 2.11 bits per heavy atom. The summed E-state index contributed by atoms with van der Waals surface area (Å²) in [5.74, 6) is 0.735. The van der Waals surface area contributed by atoms with Crippen LogP contribution in [-0.2, 0) is 0 Å². The van der Waals surface area contributed by atoms with Crippen molar-refractivity contribution in [3.05, 3.63) is 0 Å². The molecule has 0 aliphatic carbocycles. The first-order valence-electron chi connectivity index (χ1n) is 2.36. The second-order valence-electron chi connectivity index (χ2n) is 1.58. The van der Waals surface area contributed by atoms with Gasteiger partial charge in [0.25, 0.3) is 0 Å². The highest BCUT2D eigenvalue weighted by molar-refractivity contribution is 8.26. The van der Waals surface area contributed by atoms with Crippen molar-refractivity contribution in [2.75, 3.05) is 12.3 Å². The molecule has 0 fully saturated rings. The molecule has 0 unspecified atom stereocenters. The summed E-state index contributed by atoms with van der Waals surface area (Å²) in [4.78, 5) is 29.5. The maximum Gasteiger partial charge on any atom is 0.467 e. The quantitative estimate of drug-likeness (QED) is 0.475. The first kappa shape index (κ1) is 7.44. The molecule has 0 atom stereocenters. The molecule has 1 aliphatic heterocycles. The van der Waals surface area contributed by atoms with E-state index in [4.69, 9.17) is 14.7 Å². The highest BCUT2D eigenvalue weighted by atomic mass is 32.2. The third-order valence-electron chi connectivity index (χ3n) is 0.826. The second kappa shape index (κ2) is 2.52. The van der Waals surface area contributed by atoms with E-state index in [0.717, 1.165) is 5.75 Å². The average Bonchev–Trinajstić information content (AvgIpc) is 2.08. The van der Waals surface area contributed by atoms with Gasteiger partial charge in [-0.25, -0.2) is 4.99 Å². The van der Waals surface area contributed by atoms with E-state index >= 15 is 0 Å². The standard InChI is InChI=1S/C3H7NO3PS/c5-8(6,7)3-4-1-2-9-3/h5-7H,1-2H2/q+1. The minimum absolute atomic E-state index is 0.0995. The summed E-state index contributed by atoms with van der Waals surface area (Å²) in [6, 6.07) is 0. The van der Waals surface area contributed by atoms with E-state index in [1.807, 2.05) is 0 Å². The van der Waals surface area contributed by atoms with Gasteiger partial charge in [0.2, 0.25) is 0 Å². The fourth-order valence-corrected chi connectivity index (χ4v) is 2.31. The van der Waals surface area contributed by atoms with Crippen LogP contribution in [0.2, 0.25) is 0 Å². The van der Waals surface area contributed by atoms with Gasteiger partial charge in [-0.15, -0.1) is 0 Å². The highest BCUT2D eigenvalue weighted by Crippen LogP contribution is 2.51. The summed E-state index contributed by atoms with van der Waals surface area (Å²) in [6.45, 7) is 0.573. The van der Waals surface area contributed by atoms with Crippen LogP contribution in [0.25, 0.3) is 0 Å². The Balaban J connectivity index is 2.61. The van der Waals surface area contributed by atoms with Crippen molar-refractivity contribution in [1.82, 2.24) is 0 Å². The number of hydrogen-bond acceptors (Lipinski definition) is 5. The molecule has 1 aliphatic rings. The molecule has 1 rings (SSSR count). The molecule has 0 saturated heterocycles. The van der Waals surface area contributed by atoms with Crippen LogP contribution in [0.5, 0.6) is 0 Å². The molecule has 0 bridgehead atoms. The Hall–Kier alpha value is 0.330. The lowest BCUT2D eigenvalue weighted by Crippen LogP contribution is -1.96. The van der Waals surface area contributed by atoms with Crippen LogP contribution in [-0.4, -0.2) is 31.8 Å². The number of aliphatic imine (C=N–C) groups is 1. The monoisotopic (exact) mass is 168 g/mol. The van der Waals surface area contributed by atoms with Gasteiger partial charge in [-0.3, -0.25) is 0 Å². The summed E-state index contributed by atoms with van der Waals surface area (Å²) in [5.41, 5.74) is 0. The Morgan fingerprint density at radius 3 is 2.33 bits per heavy atom. The van der Waals surface area contributed by atoms with Gasteiger partial charge in [0.05, 0.1) is 6.54 Å². The zero-order valence-electron chi connectivity index (χ0n) is 4.56. The molecule has 3 N–H and O–H groups in total. The zero-order chi connectivity index (χ0) is 6.91. The van der Waals surface area contributed by atoms with Crippen molar-refractivity contribution < 1.29 is 14.7 Å². The Morgan fingerprint density at radius 1 is 1.44 bits per heavy atom. The molecule has 0 radical (unpaired) electrons. The number of thioether (sulfide) groups is 1. The lowest BCUT2D eigenvalue weighted by molar-refractivity contribution is 0.352. The van der Waals surface area contributed by atoms with Gasteiger partial charge in [0, 0.05) is 5.75 Å². The van der Waals surface area contributed by atoms with Gasteiger partial charge in [-0.2, -0.15) is 14.7 Å². The predicted octanol–water partition coefficient (Wildman–Crippen LogP) is -0.171. The van der Waals surface area contributed by atoms with Gasteiger partial charge in [0.15, 0.2) is 0 Å². The molecule has 6 heteroatoms. The lowest BCUT2D eigenvalue weighted by atomic mass is 10.8.